The van der Waals surface area contributed by atoms with E-state index in [9.17, 15) is 5.11 Å². The number of nitrogens with one attached hydrogen (secondary N) is 1. The maximum Gasteiger partial charge on any atom is 0.133 e. The Kier molecular flexibility index (Phi) is 3.76. The number of phenols is 1. The molecule has 0 fully saturated rings. The Bertz CT molecular complexity index is 742. The van der Waals surface area contributed by atoms with Crippen molar-refractivity contribution >= 4 is 39.5 Å². The van der Waals surface area contributed by atoms with Gasteiger partial charge in [0, 0.05) is 23.0 Å². The fourth-order valence-corrected chi connectivity index (χ4v) is 3.17. The summed E-state index contributed by atoms with van der Waals surface area (Å²) in [5, 5.41) is 14.9. The van der Waals surface area contributed by atoms with Gasteiger partial charge in [0.1, 0.15) is 11.6 Å². The number of phenolic OH excluding ortho intramolecular Hbond substituents is 1. The Morgan fingerprint density at radius 3 is 2.90 bits per heavy atom. The molecule has 102 valence electrons. The minimum Gasteiger partial charge on any atom is -0.508 e. The van der Waals surface area contributed by atoms with E-state index in [0.29, 0.717) is 0 Å². The van der Waals surface area contributed by atoms with Crippen molar-refractivity contribution in [3.8, 4) is 5.75 Å². The van der Waals surface area contributed by atoms with Crippen molar-refractivity contribution in [2.45, 2.75) is 6.42 Å². The minimum absolute atomic E-state index is 0.249. The third kappa shape index (κ3) is 2.86. The summed E-state index contributed by atoms with van der Waals surface area (Å²) in [6.45, 7) is 0.776. The van der Waals surface area contributed by atoms with E-state index in [-0.39, 0.29) is 5.75 Å². The van der Waals surface area contributed by atoms with Gasteiger partial charge in [-0.3, -0.25) is 0 Å². The molecular formula is C15H13ClN2OS. The van der Waals surface area contributed by atoms with Gasteiger partial charge in [-0.05, 0) is 42.1 Å². The first-order valence-electron chi connectivity index (χ1n) is 6.28. The topological polar surface area (TPSA) is 45.2 Å². The molecule has 20 heavy (non-hydrogen) atoms. The summed E-state index contributed by atoms with van der Waals surface area (Å²) in [4.78, 5) is 5.58. The van der Waals surface area contributed by atoms with Crippen LogP contribution in [0.15, 0.2) is 42.6 Å². The lowest BCUT2D eigenvalue weighted by molar-refractivity contribution is 0.476. The normalized spacial score (nSPS) is 10.8. The van der Waals surface area contributed by atoms with Crippen LogP contribution in [0.1, 0.15) is 4.88 Å². The van der Waals surface area contributed by atoms with E-state index < -0.39 is 0 Å². The van der Waals surface area contributed by atoms with E-state index in [0.717, 1.165) is 33.9 Å². The maximum atomic E-state index is 9.59. The molecule has 0 saturated heterocycles. The summed E-state index contributed by atoms with van der Waals surface area (Å²) in [7, 11) is 0. The molecule has 3 aromatic rings. The van der Waals surface area contributed by atoms with E-state index in [1.165, 1.54) is 4.88 Å². The van der Waals surface area contributed by atoms with Crippen LogP contribution in [0.3, 0.4) is 0 Å². The van der Waals surface area contributed by atoms with Gasteiger partial charge in [0.2, 0.25) is 0 Å². The van der Waals surface area contributed by atoms with Gasteiger partial charge in [0.15, 0.2) is 0 Å². The summed E-state index contributed by atoms with van der Waals surface area (Å²) in [5.74, 6) is 1.04. The largest absolute Gasteiger partial charge is 0.508 e. The fourth-order valence-electron chi connectivity index (χ4n) is 2.09. The van der Waals surface area contributed by atoms with Gasteiger partial charge in [-0.15, -0.1) is 11.3 Å². The molecule has 0 amide bonds. The van der Waals surface area contributed by atoms with Crippen LogP contribution in [0.2, 0.25) is 4.34 Å². The Labute approximate surface area is 125 Å². The predicted octanol–water partition coefficient (Wildman–Crippen LogP) is 4.31. The van der Waals surface area contributed by atoms with Crippen LogP contribution < -0.4 is 5.32 Å². The second-order valence-corrected chi connectivity index (χ2v) is 6.25. The average Bonchev–Trinajstić information content (AvgIpc) is 2.85. The molecule has 0 spiro atoms. The van der Waals surface area contributed by atoms with Crippen molar-refractivity contribution in [1.29, 1.82) is 0 Å². The summed E-state index contributed by atoms with van der Waals surface area (Å²) in [6.07, 6.45) is 2.66. The van der Waals surface area contributed by atoms with E-state index in [1.807, 2.05) is 24.3 Å². The molecule has 0 saturated carbocycles. The van der Waals surface area contributed by atoms with Crippen LogP contribution in [0.4, 0.5) is 5.82 Å². The molecule has 0 unspecified atom stereocenters. The molecule has 0 aliphatic heterocycles. The number of benzene rings is 1. The predicted molar refractivity (Wildman–Crippen MR) is 84.9 cm³/mol. The molecule has 0 aliphatic carbocycles. The van der Waals surface area contributed by atoms with Gasteiger partial charge >= 0.3 is 0 Å². The fraction of sp³-hybridized carbons (Fsp3) is 0.133. The van der Waals surface area contributed by atoms with Crippen LogP contribution in [0, 0.1) is 0 Å². The molecule has 1 aromatic carbocycles. The molecule has 3 nitrogen and oxygen atoms in total. The lowest BCUT2D eigenvalue weighted by Gasteiger charge is -2.08. The number of anilines is 1. The van der Waals surface area contributed by atoms with Crippen molar-refractivity contribution in [3.63, 3.8) is 0 Å². The molecule has 0 aliphatic rings. The SMILES string of the molecule is Oc1ccc2ccnc(NCCc3ccc(Cl)s3)c2c1. The van der Waals surface area contributed by atoms with Crippen molar-refractivity contribution in [2.75, 3.05) is 11.9 Å². The van der Waals surface area contributed by atoms with E-state index in [1.54, 1.807) is 29.7 Å². The first-order chi connectivity index (χ1) is 9.72. The molecule has 5 heteroatoms. The van der Waals surface area contributed by atoms with Crippen molar-refractivity contribution in [1.82, 2.24) is 4.98 Å². The number of nitrogens with zero attached hydrogens (tertiary/aromatic N) is 1. The highest BCUT2D eigenvalue weighted by molar-refractivity contribution is 7.16. The average molecular weight is 305 g/mol. The molecular weight excluding hydrogens is 292 g/mol. The highest BCUT2D eigenvalue weighted by Gasteiger charge is 2.04. The number of pyridine rings is 1. The quantitative estimate of drug-likeness (QED) is 0.755. The third-order valence-corrected chi connectivity index (χ3v) is 4.33. The maximum absolute atomic E-state index is 9.59. The number of halogens is 1. The van der Waals surface area contributed by atoms with Crippen LogP contribution in [0.25, 0.3) is 10.8 Å². The molecule has 2 aromatic heterocycles. The zero-order chi connectivity index (χ0) is 13.9. The summed E-state index contributed by atoms with van der Waals surface area (Å²) in [6, 6.07) is 11.2. The van der Waals surface area contributed by atoms with Gasteiger partial charge in [-0.25, -0.2) is 4.98 Å². The van der Waals surface area contributed by atoms with Gasteiger partial charge < -0.3 is 10.4 Å². The number of fused-ring (bicyclic) bond motifs is 1. The second kappa shape index (κ2) is 5.69. The lowest BCUT2D eigenvalue weighted by atomic mass is 10.1. The number of aromatic hydroxyl groups is 1. The minimum atomic E-state index is 0.249. The van der Waals surface area contributed by atoms with Gasteiger partial charge in [0.05, 0.1) is 4.34 Å². The molecule has 0 radical (unpaired) electrons. The second-order valence-electron chi connectivity index (χ2n) is 4.45. The zero-order valence-electron chi connectivity index (χ0n) is 10.6. The number of aromatic nitrogens is 1. The smallest absolute Gasteiger partial charge is 0.133 e. The van der Waals surface area contributed by atoms with E-state index in [4.69, 9.17) is 11.6 Å². The van der Waals surface area contributed by atoms with Gasteiger partial charge in [-0.2, -0.15) is 0 Å². The highest BCUT2D eigenvalue weighted by atomic mass is 35.5. The molecule has 2 N–H and O–H groups in total. The van der Waals surface area contributed by atoms with E-state index >= 15 is 0 Å². The molecule has 2 heterocycles. The zero-order valence-corrected chi connectivity index (χ0v) is 12.2. The molecule has 3 rings (SSSR count). The Morgan fingerprint density at radius 2 is 2.10 bits per heavy atom. The first-order valence-corrected chi connectivity index (χ1v) is 7.47. The highest BCUT2D eigenvalue weighted by Crippen LogP contribution is 2.25. The number of rotatable bonds is 4. The van der Waals surface area contributed by atoms with Crippen molar-refractivity contribution in [3.05, 3.63) is 51.8 Å². The lowest BCUT2D eigenvalue weighted by Crippen LogP contribution is -2.05. The summed E-state index contributed by atoms with van der Waals surface area (Å²) in [5.41, 5.74) is 0. The van der Waals surface area contributed by atoms with Gasteiger partial charge in [0.25, 0.3) is 0 Å². The first kappa shape index (κ1) is 13.2. The van der Waals surface area contributed by atoms with E-state index in [2.05, 4.69) is 10.3 Å². The number of thiophene rings is 1. The Hall–Kier alpha value is -1.78. The van der Waals surface area contributed by atoms with Crippen molar-refractivity contribution in [2.24, 2.45) is 0 Å². The summed E-state index contributed by atoms with van der Waals surface area (Å²) < 4.78 is 0.813. The van der Waals surface area contributed by atoms with Crippen molar-refractivity contribution < 1.29 is 5.11 Å². The van der Waals surface area contributed by atoms with Crippen LogP contribution in [-0.2, 0) is 6.42 Å². The van der Waals surface area contributed by atoms with Crippen LogP contribution >= 0.6 is 22.9 Å². The van der Waals surface area contributed by atoms with Crippen LogP contribution in [0.5, 0.6) is 5.75 Å². The molecule has 0 bridgehead atoms. The number of hydrogen-bond acceptors (Lipinski definition) is 4. The molecule has 0 atom stereocenters. The Balaban J connectivity index is 1.75. The van der Waals surface area contributed by atoms with Crippen LogP contribution in [-0.4, -0.2) is 16.6 Å². The third-order valence-electron chi connectivity index (χ3n) is 3.04. The summed E-state index contributed by atoms with van der Waals surface area (Å²) >= 11 is 7.50. The standard InChI is InChI=1S/C15H13ClN2OS/c16-14-4-3-12(20-14)6-8-18-15-13-9-11(19)2-1-10(13)5-7-17-15/h1-5,7,9,19H,6,8H2,(H,17,18). The number of hydrogen-bond donors (Lipinski definition) is 2. The monoisotopic (exact) mass is 304 g/mol. The Morgan fingerprint density at radius 1 is 1.20 bits per heavy atom. The van der Waals surface area contributed by atoms with Gasteiger partial charge in [-0.1, -0.05) is 17.7 Å².